The fraction of sp³-hybridized carbons (Fsp3) is 0.471. The van der Waals surface area contributed by atoms with Crippen LogP contribution in [0.3, 0.4) is 0 Å². The van der Waals surface area contributed by atoms with E-state index in [2.05, 4.69) is 22.9 Å². The molecular formula is C17H20F3N3S. The molecule has 1 aromatic heterocycles. The van der Waals surface area contributed by atoms with E-state index in [1.165, 1.54) is 11.6 Å². The molecule has 1 aromatic carbocycles. The van der Waals surface area contributed by atoms with Crippen LogP contribution in [-0.4, -0.2) is 27.0 Å². The molecule has 24 heavy (non-hydrogen) atoms. The van der Waals surface area contributed by atoms with Crippen molar-refractivity contribution in [1.82, 2.24) is 14.5 Å². The van der Waals surface area contributed by atoms with Gasteiger partial charge in [-0.3, -0.25) is 4.90 Å². The Morgan fingerprint density at radius 1 is 1.38 bits per heavy atom. The highest BCUT2D eigenvalue weighted by Gasteiger charge is 2.33. The zero-order chi connectivity index (χ0) is 17.6. The van der Waals surface area contributed by atoms with Gasteiger partial charge in [0.1, 0.15) is 0 Å². The van der Waals surface area contributed by atoms with E-state index in [-0.39, 0.29) is 6.04 Å². The quantitative estimate of drug-likeness (QED) is 0.613. The number of nitrogens with one attached hydrogen (secondary N) is 1. The summed E-state index contributed by atoms with van der Waals surface area (Å²) in [6.07, 6.45) is -2.27. The van der Waals surface area contributed by atoms with Gasteiger partial charge >= 0.3 is 6.18 Å². The molecule has 0 saturated carbocycles. The summed E-state index contributed by atoms with van der Waals surface area (Å²) in [5, 5.41) is 0. The predicted octanol–water partition coefficient (Wildman–Crippen LogP) is 4.89. The highest BCUT2D eigenvalue weighted by molar-refractivity contribution is 7.71. The Hall–Kier alpha value is -1.60. The van der Waals surface area contributed by atoms with Crippen molar-refractivity contribution in [3.05, 3.63) is 39.7 Å². The Balaban J connectivity index is 2.14. The van der Waals surface area contributed by atoms with Crippen molar-refractivity contribution in [2.24, 2.45) is 0 Å². The number of H-pyrrole nitrogens is 1. The Labute approximate surface area is 143 Å². The van der Waals surface area contributed by atoms with E-state index in [0.29, 0.717) is 35.5 Å². The second-order valence-corrected chi connectivity index (χ2v) is 7.02. The number of allylic oxidation sites excluding steroid dienone is 1. The van der Waals surface area contributed by atoms with Crippen LogP contribution < -0.4 is 0 Å². The van der Waals surface area contributed by atoms with E-state index in [9.17, 15) is 13.2 Å². The summed E-state index contributed by atoms with van der Waals surface area (Å²) in [6.45, 7) is 7.96. The van der Waals surface area contributed by atoms with Crippen LogP contribution in [0.5, 0.6) is 0 Å². The van der Waals surface area contributed by atoms with Crippen molar-refractivity contribution in [2.75, 3.05) is 6.54 Å². The van der Waals surface area contributed by atoms with Crippen LogP contribution in [0.2, 0.25) is 0 Å². The van der Waals surface area contributed by atoms with Gasteiger partial charge in [0, 0.05) is 25.7 Å². The molecule has 1 aliphatic rings. The smallest absolute Gasteiger partial charge is 0.331 e. The predicted molar refractivity (Wildman–Crippen MR) is 91.4 cm³/mol. The van der Waals surface area contributed by atoms with Crippen molar-refractivity contribution in [2.45, 2.75) is 46.1 Å². The number of aromatic amines is 1. The van der Waals surface area contributed by atoms with Crippen LogP contribution in [0.4, 0.5) is 13.2 Å². The van der Waals surface area contributed by atoms with Gasteiger partial charge in [-0.05, 0) is 50.7 Å². The summed E-state index contributed by atoms with van der Waals surface area (Å²) >= 11 is 5.34. The van der Waals surface area contributed by atoms with Crippen molar-refractivity contribution >= 4 is 23.3 Å². The Kier molecular flexibility index (Phi) is 4.34. The molecule has 2 heterocycles. The first kappa shape index (κ1) is 17.2. The lowest BCUT2D eigenvalue weighted by Gasteiger charge is -2.26. The van der Waals surface area contributed by atoms with Crippen LogP contribution >= 0.6 is 12.2 Å². The van der Waals surface area contributed by atoms with Gasteiger partial charge in [0.05, 0.1) is 16.6 Å². The van der Waals surface area contributed by atoms with Gasteiger partial charge in [0.15, 0.2) is 4.77 Å². The van der Waals surface area contributed by atoms with Gasteiger partial charge < -0.3 is 9.55 Å². The topological polar surface area (TPSA) is 24.0 Å². The van der Waals surface area contributed by atoms with Crippen LogP contribution in [-0.2, 0) is 19.3 Å². The first-order chi connectivity index (χ1) is 11.2. The molecule has 130 valence electrons. The second kappa shape index (κ2) is 6.04. The SMILES string of the molecule is CC(C)=CCN1Cc2cc(C(F)(F)F)cc3[nH]c(=S)n(c23)CC1C. The van der Waals surface area contributed by atoms with Crippen LogP contribution in [0.25, 0.3) is 11.0 Å². The monoisotopic (exact) mass is 355 g/mol. The molecule has 3 nitrogen and oxygen atoms in total. The molecule has 1 N–H and O–H groups in total. The third-order valence-electron chi connectivity index (χ3n) is 4.45. The number of rotatable bonds is 2. The summed E-state index contributed by atoms with van der Waals surface area (Å²) in [5.74, 6) is 0. The normalized spacial score (nSPS) is 18.7. The van der Waals surface area contributed by atoms with Crippen molar-refractivity contribution in [3.63, 3.8) is 0 Å². The molecule has 7 heteroatoms. The molecule has 0 amide bonds. The molecule has 0 spiro atoms. The Morgan fingerprint density at radius 2 is 2.08 bits per heavy atom. The van der Waals surface area contributed by atoms with Crippen LogP contribution in [0, 0.1) is 4.77 Å². The molecule has 0 aliphatic carbocycles. The van der Waals surface area contributed by atoms with Crippen LogP contribution in [0.15, 0.2) is 23.8 Å². The minimum Gasteiger partial charge on any atom is -0.331 e. The van der Waals surface area contributed by atoms with Gasteiger partial charge in [-0.1, -0.05) is 11.6 Å². The van der Waals surface area contributed by atoms with Crippen molar-refractivity contribution in [3.8, 4) is 0 Å². The number of alkyl halides is 3. The Morgan fingerprint density at radius 3 is 2.71 bits per heavy atom. The zero-order valence-corrected chi connectivity index (χ0v) is 14.7. The van der Waals surface area contributed by atoms with E-state index in [1.807, 2.05) is 18.4 Å². The molecule has 2 aromatic rings. The molecule has 0 radical (unpaired) electrons. The molecule has 1 unspecified atom stereocenters. The third-order valence-corrected chi connectivity index (χ3v) is 4.77. The maximum absolute atomic E-state index is 13.2. The van der Waals surface area contributed by atoms with Crippen LogP contribution in [0.1, 0.15) is 31.9 Å². The molecule has 3 rings (SSSR count). The lowest BCUT2D eigenvalue weighted by Crippen LogP contribution is -2.34. The standard InChI is InChI=1S/C17H20F3N3S/c1-10(2)4-5-22-9-12-6-13(17(18,19)20)7-14-15(12)23(8-11(22)3)16(24)21-14/h4,6-7,11H,5,8-9H2,1-3H3,(H,21,24). The van der Waals surface area contributed by atoms with Gasteiger partial charge in [-0.2, -0.15) is 13.2 Å². The van der Waals surface area contributed by atoms with E-state index in [0.717, 1.165) is 11.6 Å². The van der Waals surface area contributed by atoms with E-state index >= 15 is 0 Å². The average Bonchev–Trinajstić information content (AvgIpc) is 2.69. The number of aromatic nitrogens is 2. The molecule has 1 aliphatic heterocycles. The maximum atomic E-state index is 13.2. The summed E-state index contributed by atoms with van der Waals surface area (Å²) in [5.41, 5.74) is 2.47. The molecule has 0 fully saturated rings. The van der Waals surface area contributed by atoms with E-state index < -0.39 is 11.7 Å². The molecule has 1 atom stereocenters. The maximum Gasteiger partial charge on any atom is 0.416 e. The Bertz CT molecular complexity index is 856. The largest absolute Gasteiger partial charge is 0.416 e. The van der Waals surface area contributed by atoms with E-state index in [4.69, 9.17) is 12.2 Å². The third kappa shape index (κ3) is 3.15. The summed E-state index contributed by atoms with van der Waals surface area (Å²) < 4.78 is 42.0. The van der Waals surface area contributed by atoms with Gasteiger partial charge in [0.25, 0.3) is 0 Å². The average molecular weight is 355 g/mol. The summed E-state index contributed by atoms with van der Waals surface area (Å²) in [6, 6.07) is 2.59. The number of benzene rings is 1. The fourth-order valence-electron chi connectivity index (χ4n) is 3.15. The molecular weight excluding hydrogens is 335 g/mol. The first-order valence-electron chi connectivity index (χ1n) is 7.87. The first-order valence-corrected chi connectivity index (χ1v) is 8.27. The highest BCUT2D eigenvalue weighted by Crippen LogP contribution is 2.35. The second-order valence-electron chi connectivity index (χ2n) is 6.63. The van der Waals surface area contributed by atoms with Gasteiger partial charge in [-0.25, -0.2) is 0 Å². The van der Waals surface area contributed by atoms with Gasteiger partial charge in [-0.15, -0.1) is 0 Å². The fourth-order valence-corrected chi connectivity index (χ4v) is 3.43. The van der Waals surface area contributed by atoms with E-state index in [1.54, 1.807) is 0 Å². The summed E-state index contributed by atoms with van der Waals surface area (Å²) in [4.78, 5) is 5.12. The number of nitrogens with zero attached hydrogens (tertiary/aromatic N) is 2. The summed E-state index contributed by atoms with van der Waals surface area (Å²) in [7, 11) is 0. The zero-order valence-electron chi connectivity index (χ0n) is 13.9. The number of hydrogen-bond acceptors (Lipinski definition) is 2. The minimum atomic E-state index is -4.37. The molecule has 0 bridgehead atoms. The minimum absolute atomic E-state index is 0.174. The number of imidazole rings is 1. The van der Waals surface area contributed by atoms with Crippen molar-refractivity contribution in [1.29, 1.82) is 0 Å². The number of halogens is 3. The lowest BCUT2D eigenvalue weighted by atomic mass is 10.1. The lowest BCUT2D eigenvalue weighted by molar-refractivity contribution is -0.137. The number of hydrogen-bond donors (Lipinski definition) is 1. The molecule has 0 saturated heterocycles. The highest BCUT2D eigenvalue weighted by atomic mass is 32.1. The van der Waals surface area contributed by atoms with Crippen molar-refractivity contribution < 1.29 is 13.2 Å². The van der Waals surface area contributed by atoms with Gasteiger partial charge in [0.2, 0.25) is 0 Å².